The van der Waals surface area contributed by atoms with Gasteiger partial charge in [0.2, 0.25) is 11.8 Å². The lowest BCUT2D eigenvalue weighted by Crippen LogP contribution is -2.68. The van der Waals surface area contributed by atoms with E-state index in [0.717, 1.165) is 23.8 Å². The van der Waals surface area contributed by atoms with Gasteiger partial charge in [0.25, 0.3) is 5.56 Å². The summed E-state index contributed by atoms with van der Waals surface area (Å²) in [6.45, 7) is 4.19. The Labute approximate surface area is 284 Å². The predicted molar refractivity (Wildman–Crippen MR) is 166 cm³/mol. The summed E-state index contributed by atoms with van der Waals surface area (Å²) >= 11 is 0. The number of aromatic amines is 1. The molecule has 11 N–H and O–H groups in total. The normalized spacial score (nSPS) is 38.3. The van der Waals surface area contributed by atoms with Crippen LogP contribution in [0.2, 0.25) is 0 Å². The first-order chi connectivity index (χ1) is 23.5. The Balaban J connectivity index is 1.58. The van der Waals surface area contributed by atoms with Crippen molar-refractivity contribution in [2.24, 2.45) is 5.92 Å². The zero-order valence-electron chi connectivity index (χ0n) is 27.5. The molecule has 0 radical (unpaired) electrons. The van der Waals surface area contributed by atoms with Crippen LogP contribution in [0.15, 0.2) is 34.0 Å². The lowest BCUT2D eigenvalue weighted by atomic mass is 9.91. The van der Waals surface area contributed by atoms with Gasteiger partial charge in [-0.1, -0.05) is 19.9 Å². The van der Waals surface area contributed by atoms with Gasteiger partial charge in [-0.3, -0.25) is 23.9 Å². The molecule has 1 unspecified atom stereocenters. The largest absolute Gasteiger partial charge is 0.394 e. The van der Waals surface area contributed by atoms with E-state index in [9.17, 15) is 60.0 Å². The minimum atomic E-state index is -1.85. The summed E-state index contributed by atoms with van der Waals surface area (Å²) in [5.41, 5.74) is -1.69. The fourth-order valence-corrected chi connectivity index (χ4v) is 6.01. The van der Waals surface area contributed by atoms with Gasteiger partial charge in [-0.05, 0) is 18.4 Å². The average Bonchev–Trinajstić information content (AvgIpc) is 3.34. The second-order valence-corrected chi connectivity index (χ2v) is 13.0. The number of aliphatic hydroxyl groups is 8. The van der Waals surface area contributed by atoms with Gasteiger partial charge in [-0.2, -0.15) is 0 Å². The molecule has 282 valence electrons. The highest BCUT2D eigenvalue weighted by Gasteiger charge is 2.53. The van der Waals surface area contributed by atoms with Crippen molar-refractivity contribution < 1.29 is 69.4 Å². The minimum absolute atomic E-state index is 0.222. The zero-order chi connectivity index (χ0) is 37.0. The highest BCUT2D eigenvalue weighted by molar-refractivity contribution is 5.87. The molecule has 20 nitrogen and oxygen atoms in total. The average molecular weight is 719 g/mol. The fraction of sp³-hybridized carbons (Fsp3) is 0.733. The Hall–Kier alpha value is -3.12. The van der Waals surface area contributed by atoms with Gasteiger partial charge in [-0.15, -0.1) is 0 Å². The van der Waals surface area contributed by atoms with E-state index in [1.807, 2.05) is 18.8 Å². The van der Waals surface area contributed by atoms with E-state index in [4.69, 9.17) is 18.9 Å². The summed E-state index contributed by atoms with van der Waals surface area (Å²) in [5.74, 6) is -1.16. The standard InChI is InChI=1S/C30H46N4O16/c1-11(2)5-4-6-16(38)32-19-23(43)20(40)14(47-29(19)50-28-18(31-12(3)36)22(42)21(41)15(10-35)48-28)9-13(37)26-24(44)25(45)27(49-26)34-8-7-17(39)33-30(34)46/h4,6-8,11,13-15,18-29,35,37,40-45H,5,9-10H2,1-3H3,(H,31,36)(H,32,38)(H,33,39,46)/b6-4-/t13?,14-,15-,18-,19-,20+,21-,22-,23-,24+,25-,26-,27-,28-,29+/m1/s1. The lowest BCUT2D eigenvalue weighted by molar-refractivity contribution is -0.346. The van der Waals surface area contributed by atoms with Crippen LogP contribution in [0.25, 0.3) is 0 Å². The van der Waals surface area contributed by atoms with Crippen LogP contribution in [0.5, 0.6) is 0 Å². The minimum Gasteiger partial charge on any atom is -0.394 e. The Kier molecular flexibility index (Phi) is 13.4. The van der Waals surface area contributed by atoms with Gasteiger partial charge < -0.3 is 70.4 Å². The molecule has 3 aliphatic heterocycles. The molecular weight excluding hydrogens is 672 g/mol. The fourth-order valence-electron chi connectivity index (χ4n) is 6.01. The highest BCUT2D eigenvalue weighted by Crippen LogP contribution is 2.34. The Bertz CT molecular complexity index is 1450. The first-order valence-electron chi connectivity index (χ1n) is 16.1. The number of aliphatic hydroxyl groups excluding tert-OH is 8. The first kappa shape index (κ1) is 39.7. The van der Waals surface area contributed by atoms with Gasteiger partial charge in [0, 0.05) is 25.6 Å². The lowest BCUT2D eigenvalue weighted by Gasteiger charge is -2.47. The van der Waals surface area contributed by atoms with Crippen molar-refractivity contribution in [3.63, 3.8) is 0 Å². The maximum absolute atomic E-state index is 12.8. The molecule has 0 bridgehead atoms. The van der Waals surface area contributed by atoms with E-state index in [1.54, 1.807) is 6.08 Å². The van der Waals surface area contributed by atoms with Crippen molar-refractivity contribution in [1.29, 1.82) is 0 Å². The number of aromatic nitrogens is 2. The third-order valence-corrected chi connectivity index (χ3v) is 8.66. The third-order valence-electron chi connectivity index (χ3n) is 8.66. The molecule has 0 aliphatic carbocycles. The second kappa shape index (κ2) is 16.9. The molecule has 0 aromatic carbocycles. The monoisotopic (exact) mass is 718 g/mol. The maximum atomic E-state index is 12.8. The Morgan fingerprint density at radius 2 is 1.52 bits per heavy atom. The quantitative estimate of drug-likeness (QED) is 0.0898. The number of allylic oxidation sites excluding steroid dienone is 1. The van der Waals surface area contributed by atoms with Crippen molar-refractivity contribution in [2.75, 3.05) is 6.61 Å². The number of carbonyl (C=O) groups is 2. The first-order valence-corrected chi connectivity index (χ1v) is 16.1. The second-order valence-electron chi connectivity index (χ2n) is 13.0. The van der Waals surface area contributed by atoms with E-state index in [-0.39, 0.29) is 5.92 Å². The predicted octanol–water partition coefficient (Wildman–Crippen LogP) is -5.60. The van der Waals surface area contributed by atoms with Gasteiger partial charge in [0.1, 0.15) is 60.9 Å². The van der Waals surface area contributed by atoms with Gasteiger partial charge in [0.15, 0.2) is 18.8 Å². The number of rotatable bonds is 12. The topological polar surface area (TPSA) is 312 Å². The molecule has 3 fully saturated rings. The molecule has 50 heavy (non-hydrogen) atoms. The number of H-pyrrole nitrogens is 1. The van der Waals surface area contributed by atoms with Crippen molar-refractivity contribution in [1.82, 2.24) is 20.2 Å². The number of amides is 2. The molecule has 15 atom stereocenters. The molecule has 3 saturated heterocycles. The van der Waals surface area contributed by atoms with Crippen molar-refractivity contribution in [3.05, 3.63) is 45.3 Å². The van der Waals surface area contributed by atoms with Crippen LogP contribution in [0, 0.1) is 5.92 Å². The SMILES string of the molecule is CC(=O)N[C@H]1[C@@H](O[C@@H]2O[C@H](CC(O)[C@H]3O[C@@H](n4ccc(=O)[nH]c4=O)[C@H](O)[C@@H]3O)[C@H](O)[C@H](O)[C@H]2NC(=O)/C=C\CC(C)C)O[C@H](CO)[C@@H](O)[C@@H]1O. The molecule has 1 aromatic heterocycles. The number of nitrogens with one attached hydrogen (secondary N) is 3. The molecule has 1 aromatic rings. The van der Waals surface area contributed by atoms with E-state index >= 15 is 0 Å². The molecule has 4 rings (SSSR count). The van der Waals surface area contributed by atoms with Crippen LogP contribution in [0.4, 0.5) is 0 Å². The van der Waals surface area contributed by atoms with Crippen molar-refractivity contribution >= 4 is 11.8 Å². The van der Waals surface area contributed by atoms with Crippen LogP contribution >= 0.6 is 0 Å². The summed E-state index contributed by atoms with van der Waals surface area (Å²) < 4.78 is 23.8. The summed E-state index contributed by atoms with van der Waals surface area (Å²) in [6.07, 6.45) is -18.1. The zero-order valence-corrected chi connectivity index (χ0v) is 27.5. The van der Waals surface area contributed by atoms with E-state index in [2.05, 4.69) is 10.6 Å². The third kappa shape index (κ3) is 9.02. The summed E-state index contributed by atoms with van der Waals surface area (Å²) in [7, 11) is 0. The van der Waals surface area contributed by atoms with Crippen molar-refractivity contribution in [3.8, 4) is 0 Å². The highest BCUT2D eigenvalue weighted by atomic mass is 16.8. The van der Waals surface area contributed by atoms with Gasteiger partial charge in [-0.25, -0.2) is 4.79 Å². The van der Waals surface area contributed by atoms with Crippen LogP contribution < -0.4 is 21.9 Å². The number of hydrogen-bond acceptors (Lipinski definition) is 16. The van der Waals surface area contributed by atoms with Crippen LogP contribution in [0.3, 0.4) is 0 Å². The molecule has 2 amide bonds. The molecule has 20 heteroatoms. The summed E-state index contributed by atoms with van der Waals surface area (Å²) in [6, 6.07) is -2.02. The smallest absolute Gasteiger partial charge is 0.330 e. The molecule has 4 heterocycles. The number of hydrogen-bond donors (Lipinski definition) is 11. The summed E-state index contributed by atoms with van der Waals surface area (Å²) in [5, 5.41) is 90.4. The molecular formula is C30H46N4O16. The molecule has 3 aliphatic rings. The van der Waals surface area contributed by atoms with E-state index in [1.165, 1.54) is 6.08 Å². The number of nitrogens with zero attached hydrogens (tertiary/aromatic N) is 1. The number of ether oxygens (including phenoxy) is 4. The molecule has 0 spiro atoms. The van der Waals surface area contributed by atoms with E-state index in [0.29, 0.717) is 6.42 Å². The van der Waals surface area contributed by atoms with Crippen LogP contribution in [-0.4, -0.2) is 155 Å². The van der Waals surface area contributed by atoms with E-state index < -0.39 is 128 Å². The molecule has 0 saturated carbocycles. The van der Waals surface area contributed by atoms with Crippen LogP contribution in [-0.2, 0) is 28.5 Å². The Morgan fingerprint density at radius 3 is 2.10 bits per heavy atom. The number of carbonyl (C=O) groups excluding carboxylic acids is 2. The summed E-state index contributed by atoms with van der Waals surface area (Å²) in [4.78, 5) is 50.5. The van der Waals surface area contributed by atoms with Gasteiger partial charge in [0.05, 0.1) is 18.8 Å². The van der Waals surface area contributed by atoms with Gasteiger partial charge >= 0.3 is 5.69 Å². The van der Waals surface area contributed by atoms with Crippen molar-refractivity contribution in [2.45, 2.75) is 126 Å². The van der Waals surface area contributed by atoms with Crippen LogP contribution in [0.1, 0.15) is 39.8 Å². The maximum Gasteiger partial charge on any atom is 0.330 e. The Morgan fingerprint density at radius 1 is 0.920 bits per heavy atom.